The highest BCUT2D eigenvalue weighted by molar-refractivity contribution is 7.07. The molecule has 0 saturated carbocycles. The summed E-state index contributed by atoms with van der Waals surface area (Å²) in [6.07, 6.45) is 3.34. The minimum atomic E-state index is -0.329. The van der Waals surface area contributed by atoms with Gasteiger partial charge in [-0.2, -0.15) is 4.99 Å². The fraction of sp³-hybridized carbons (Fsp3) is 0.105. The van der Waals surface area contributed by atoms with E-state index in [0.717, 1.165) is 16.6 Å². The van der Waals surface area contributed by atoms with E-state index in [0.29, 0.717) is 22.6 Å². The van der Waals surface area contributed by atoms with E-state index < -0.39 is 0 Å². The Morgan fingerprint density at radius 3 is 2.88 bits per heavy atom. The highest BCUT2D eigenvalue weighted by Crippen LogP contribution is 2.16. The first kappa shape index (κ1) is 16.4. The van der Waals surface area contributed by atoms with E-state index in [9.17, 15) is 9.90 Å². The molecule has 4 aromatic rings. The van der Waals surface area contributed by atoms with E-state index in [-0.39, 0.29) is 12.5 Å². The summed E-state index contributed by atoms with van der Waals surface area (Å²) in [6, 6.07) is 13.4. The molecule has 6 nitrogen and oxygen atoms in total. The van der Waals surface area contributed by atoms with Crippen molar-refractivity contribution in [3.63, 3.8) is 0 Å². The number of fused-ring (bicyclic) bond motifs is 1. The van der Waals surface area contributed by atoms with E-state index in [1.165, 1.54) is 11.3 Å². The number of nitrogens with zero attached hydrogens (tertiary/aromatic N) is 3. The van der Waals surface area contributed by atoms with Gasteiger partial charge in [0, 0.05) is 23.2 Å². The van der Waals surface area contributed by atoms with Crippen molar-refractivity contribution in [2.45, 2.75) is 13.2 Å². The summed E-state index contributed by atoms with van der Waals surface area (Å²) in [6.45, 7) is 0.437. The molecule has 7 heteroatoms. The molecule has 0 atom stereocenters. The second-order valence-corrected chi connectivity index (χ2v) is 6.59. The molecule has 0 aliphatic rings. The molecule has 2 N–H and O–H groups in total. The molecule has 3 aromatic heterocycles. The average Bonchev–Trinajstić information content (AvgIpc) is 3.29. The molecular weight excluding hydrogens is 348 g/mol. The molecule has 0 unspecified atom stereocenters. The first-order chi connectivity index (χ1) is 12.8. The second-order valence-electron chi connectivity index (χ2n) is 5.75. The van der Waals surface area contributed by atoms with Crippen LogP contribution in [0.3, 0.4) is 0 Å². The van der Waals surface area contributed by atoms with E-state index in [1.54, 1.807) is 18.5 Å². The Labute approximate surface area is 153 Å². The maximum absolute atomic E-state index is 12.8. The molecular formula is C19H16N4O2S. The third-order valence-electron chi connectivity index (χ3n) is 4.11. The van der Waals surface area contributed by atoms with Gasteiger partial charge in [-0.1, -0.05) is 30.3 Å². The average molecular weight is 364 g/mol. The van der Waals surface area contributed by atoms with Crippen LogP contribution in [0.2, 0.25) is 0 Å². The molecule has 130 valence electrons. The van der Waals surface area contributed by atoms with Crippen molar-refractivity contribution in [1.82, 2.24) is 14.5 Å². The lowest BCUT2D eigenvalue weighted by Gasteiger charge is -2.07. The Balaban J connectivity index is 1.76. The Morgan fingerprint density at radius 1 is 1.23 bits per heavy atom. The number of nitrogens with one attached hydrogen (secondary N) is 1. The highest BCUT2D eigenvalue weighted by Gasteiger charge is 2.12. The van der Waals surface area contributed by atoms with E-state index in [4.69, 9.17) is 0 Å². The summed E-state index contributed by atoms with van der Waals surface area (Å²) in [7, 11) is 0. The largest absolute Gasteiger partial charge is 0.390 e. The van der Waals surface area contributed by atoms with Crippen LogP contribution in [0.25, 0.3) is 11.0 Å². The van der Waals surface area contributed by atoms with Gasteiger partial charge in [0.05, 0.1) is 24.4 Å². The van der Waals surface area contributed by atoms with Crippen LogP contribution in [0.4, 0.5) is 0 Å². The van der Waals surface area contributed by atoms with Crippen molar-refractivity contribution in [2.24, 2.45) is 4.99 Å². The third-order valence-corrected chi connectivity index (χ3v) is 5.02. The molecule has 0 fully saturated rings. The van der Waals surface area contributed by atoms with Crippen LogP contribution in [-0.2, 0) is 13.2 Å². The molecule has 26 heavy (non-hydrogen) atoms. The van der Waals surface area contributed by atoms with Crippen LogP contribution >= 0.6 is 11.3 Å². The molecule has 0 saturated heterocycles. The van der Waals surface area contributed by atoms with E-state index in [2.05, 4.69) is 15.0 Å². The van der Waals surface area contributed by atoms with Gasteiger partial charge >= 0.3 is 0 Å². The zero-order valence-electron chi connectivity index (χ0n) is 13.8. The lowest BCUT2D eigenvalue weighted by molar-refractivity contribution is 0.0999. The van der Waals surface area contributed by atoms with Gasteiger partial charge in [0.1, 0.15) is 5.65 Å². The number of carbonyl (C=O) groups is 1. The summed E-state index contributed by atoms with van der Waals surface area (Å²) in [5.41, 5.74) is 2.96. The Hall–Kier alpha value is -3.03. The van der Waals surface area contributed by atoms with Crippen molar-refractivity contribution in [3.8, 4) is 0 Å². The number of rotatable bonds is 4. The monoisotopic (exact) mass is 364 g/mol. The molecule has 0 aliphatic carbocycles. The lowest BCUT2D eigenvalue weighted by atomic mass is 10.2. The quantitative estimate of drug-likeness (QED) is 0.584. The number of benzene rings is 1. The summed E-state index contributed by atoms with van der Waals surface area (Å²) in [5.74, 6) is -0.329. The van der Waals surface area contributed by atoms with Crippen molar-refractivity contribution in [2.75, 3.05) is 0 Å². The van der Waals surface area contributed by atoms with Crippen molar-refractivity contribution in [3.05, 3.63) is 81.9 Å². The molecule has 0 radical (unpaired) electrons. The number of aliphatic hydroxyl groups is 1. The normalized spacial score (nSPS) is 12.0. The van der Waals surface area contributed by atoms with Gasteiger partial charge in [0.2, 0.25) is 0 Å². The van der Waals surface area contributed by atoms with Gasteiger partial charge in [-0.15, -0.1) is 11.3 Å². The first-order valence-electron chi connectivity index (χ1n) is 8.09. The topological polar surface area (TPSA) is 83.3 Å². The number of thiazole rings is 1. The number of aliphatic hydroxyl groups excluding tert-OH is 1. The zero-order chi connectivity index (χ0) is 17.9. The molecule has 3 heterocycles. The van der Waals surface area contributed by atoms with Crippen LogP contribution in [0.15, 0.2) is 65.2 Å². The first-order valence-corrected chi connectivity index (χ1v) is 8.97. The minimum absolute atomic E-state index is 0.107. The summed E-state index contributed by atoms with van der Waals surface area (Å²) in [5, 5.41) is 12.2. The fourth-order valence-electron chi connectivity index (χ4n) is 2.81. The van der Waals surface area contributed by atoms with Gasteiger partial charge in [0.25, 0.3) is 5.91 Å². The molecule has 1 amide bonds. The van der Waals surface area contributed by atoms with Gasteiger partial charge in [-0.05, 0) is 17.7 Å². The minimum Gasteiger partial charge on any atom is -0.390 e. The van der Waals surface area contributed by atoms with Crippen LogP contribution in [-0.4, -0.2) is 25.5 Å². The van der Waals surface area contributed by atoms with Crippen LogP contribution in [0.1, 0.15) is 21.6 Å². The number of hydrogen-bond donors (Lipinski definition) is 2. The molecule has 0 aliphatic heterocycles. The summed E-state index contributed by atoms with van der Waals surface area (Å²) < 4.78 is 1.87. The molecule has 0 bridgehead atoms. The van der Waals surface area contributed by atoms with Crippen molar-refractivity contribution in [1.29, 1.82) is 0 Å². The smallest absolute Gasteiger partial charge is 0.280 e. The number of H-pyrrole nitrogens is 1. The van der Waals surface area contributed by atoms with Gasteiger partial charge in [0.15, 0.2) is 4.80 Å². The number of hydrogen-bond acceptors (Lipinski definition) is 4. The highest BCUT2D eigenvalue weighted by atomic mass is 32.1. The summed E-state index contributed by atoms with van der Waals surface area (Å²) >= 11 is 1.34. The maximum atomic E-state index is 12.8. The van der Waals surface area contributed by atoms with Crippen molar-refractivity contribution >= 4 is 28.3 Å². The van der Waals surface area contributed by atoms with Crippen LogP contribution in [0.5, 0.6) is 0 Å². The Morgan fingerprint density at radius 2 is 2.08 bits per heavy atom. The van der Waals surface area contributed by atoms with Gasteiger partial charge in [-0.3, -0.25) is 4.79 Å². The second kappa shape index (κ2) is 7.07. The number of pyridine rings is 1. The standard InChI is InChI=1S/C19H16N4O2S/c24-11-14-12-26-19(23(14)10-13-4-2-1-3-5-13)22-18(25)16-7-9-21-17-15(16)6-8-20-17/h1-9,12,24H,10-11H2,(H,20,21)/b22-19-. The van der Waals surface area contributed by atoms with Crippen molar-refractivity contribution < 1.29 is 9.90 Å². The lowest BCUT2D eigenvalue weighted by Crippen LogP contribution is -2.20. The van der Waals surface area contributed by atoms with Crippen LogP contribution < -0.4 is 4.80 Å². The molecule has 0 spiro atoms. The number of aromatic nitrogens is 3. The Bertz CT molecular complexity index is 1130. The fourth-order valence-corrected chi connectivity index (χ4v) is 3.70. The molecule has 1 aromatic carbocycles. The Kier molecular flexibility index (Phi) is 4.47. The predicted molar refractivity (Wildman–Crippen MR) is 99.8 cm³/mol. The van der Waals surface area contributed by atoms with E-state index >= 15 is 0 Å². The number of aromatic amines is 1. The van der Waals surface area contributed by atoms with Gasteiger partial charge in [-0.25, -0.2) is 4.98 Å². The third kappa shape index (κ3) is 3.10. The number of amides is 1. The maximum Gasteiger partial charge on any atom is 0.280 e. The SMILES string of the molecule is O=C(/N=c1\scc(CO)n1Cc1ccccc1)c1ccnc2[nH]ccc12. The molecule has 4 rings (SSSR count). The summed E-state index contributed by atoms with van der Waals surface area (Å²) in [4.78, 5) is 24.8. The van der Waals surface area contributed by atoms with Gasteiger partial charge < -0.3 is 14.7 Å². The number of carbonyl (C=O) groups excluding carboxylic acids is 1. The van der Waals surface area contributed by atoms with Crippen LogP contribution in [0, 0.1) is 0 Å². The zero-order valence-corrected chi connectivity index (χ0v) is 14.6. The van der Waals surface area contributed by atoms with E-state index in [1.807, 2.05) is 46.3 Å². The predicted octanol–water partition coefficient (Wildman–Crippen LogP) is 2.71.